The van der Waals surface area contributed by atoms with Crippen molar-refractivity contribution in [3.63, 3.8) is 0 Å². The number of Topliss-reactive ketones (excluding diaryl/α,β-unsaturated/α-hetero) is 1. The molecule has 0 aromatic heterocycles. The van der Waals surface area contributed by atoms with Gasteiger partial charge in [0.25, 0.3) is 0 Å². The number of fused-ring (bicyclic) bond motifs is 1. The third-order valence-corrected chi connectivity index (χ3v) is 6.68. The molecule has 0 radical (unpaired) electrons. The maximum atomic E-state index is 15.3. The van der Waals surface area contributed by atoms with Crippen LogP contribution >= 0.6 is 0 Å². The second-order valence-electron chi connectivity index (χ2n) is 8.35. The summed E-state index contributed by atoms with van der Waals surface area (Å²) < 4.78 is 21.3. The van der Waals surface area contributed by atoms with Crippen LogP contribution in [0.15, 0.2) is 6.07 Å². The first-order valence-corrected chi connectivity index (χ1v) is 9.93. The zero-order chi connectivity index (χ0) is 19.6. The number of hydrogen-bond acceptors (Lipinski definition) is 6. The second-order valence-corrected chi connectivity index (χ2v) is 8.35. The average molecular weight is 389 g/mol. The van der Waals surface area contributed by atoms with E-state index in [2.05, 4.69) is 10.2 Å². The van der Waals surface area contributed by atoms with Gasteiger partial charge in [0.15, 0.2) is 5.78 Å². The lowest BCUT2D eigenvalue weighted by Gasteiger charge is -2.43. The second kappa shape index (κ2) is 6.42. The van der Waals surface area contributed by atoms with Gasteiger partial charge in [0.1, 0.15) is 24.1 Å². The van der Waals surface area contributed by atoms with E-state index in [1.807, 2.05) is 11.8 Å². The van der Waals surface area contributed by atoms with Crippen molar-refractivity contribution in [2.24, 2.45) is 5.92 Å². The van der Waals surface area contributed by atoms with Crippen molar-refractivity contribution in [2.75, 3.05) is 44.2 Å². The van der Waals surface area contributed by atoms with E-state index in [1.54, 1.807) is 0 Å². The largest absolute Gasteiger partial charge is 0.489 e. The van der Waals surface area contributed by atoms with Crippen LogP contribution in [0.5, 0.6) is 5.75 Å². The number of aliphatic carboxylic acids is 1. The number of carboxylic acid groups (broad SMARTS) is 1. The van der Waals surface area contributed by atoms with Crippen LogP contribution in [0.2, 0.25) is 0 Å². The summed E-state index contributed by atoms with van der Waals surface area (Å²) in [7, 11) is 0. The van der Waals surface area contributed by atoms with Crippen LogP contribution in [0.3, 0.4) is 0 Å². The van der Waals surface area contributed by atoms with Crippen molar-refractivity contribution in [1.29, 1.82) is 0 Å². The van der Waals surface area contributed by atoms with E-state index in [4.69, 9.17) is 4.74 Å². The molecule has 0 amide bonds. The first kappa shape index (κ1) is 17.9. The summed E-state index contributed by atoms with van der Waals surface area (Å²) in [5.74, 6) is -2.87. The van der Waals surface area contributed by atoms with E-state index in [1.165, 1.54) is 6.07 Å². The molecule has 1 aromatic rings. The van der Waals surface area contributed by atoms with Gasteiger partial charge in [-0.3, -0.25) is 14.5 Å². The molecular formula is C20H24FN3O4. The van der Waals surface area contributed by atoms with Gasteiger partial charge < -0.3 is 20.1 Å². The summed E-state index contributed by atoms with van der Waals surface area (Å²) in [5, 5.41) is 12.8. The fraction of sp³-hybridized carbons (Fsp3) is 0.600. The van der Waals surface area contributed by atoms with Crippen LogP contribution in [-0.2, 0) is 4.79 Å². The third-order valence-electron chi connectivity index (χ3n) is 6.68. The SMILES string of the molecule is C[C@H]1COc2c(C3C[C@H]4CNCCN4C3)c(F)cc3c2N1CC(C(=O)O)C3=O. The van der Waals surface area contributed by atoms with Crippen molar-refractivity contribution in [3.05, 3.63) is 23.0 Å². The lowest BCUT2D eigenvalue weighted by atomic mass is 9.85. The fourth-order valence-electron chi connectivity index (χ4n) is 5.24. The van der Waals surface area contributed by atoms with Crippen molar-refractivity contribution < 1.29 is 23.8 Å². The molecule has 1 aromatic carbocycles. The summed E-state index contributed by atoms with van der Waals surface area (Å²) in [4.78, 5) is 28.6. The molecule has 0 saturated carbocycles. The summed E-state index contributed by atoms with van der Waals surface area (Å²) in [6.45, 7) is 5.96. The van der Waals surface area contributed by atoms with Crippen LogP contribution in [0.25, 0.3) is 0 Å². The zero-order valence-corrected chi connectivity index (χ0v) is 15.8. The topological polar surface area (TPSA) is 82.1 Å². The van der Waals surface area contributed by atoms with Crippen LogP contribution < -0.4 is 15.0 Å². The number of anilines is 1. The maximum absolute atomic E-state index is 15.3. The minimum Gasteiger partial charge on any atom is -0.489 e. The fourth-order valence-corrected chi connectivity index (χ4v) is 5.24. The number of rotatable bonds is 2. The van der Waals surface area contributed by atoms with Crippen molar-refractivity contribution in [1.82, 2.24) is 10.2 Å². The number of ketones is 1. The number of ether oxygens (including phenoxy) is 1. The van der Waals surface area contributed by atoms with Gasteiger partial charge in [-0.15, -0.1) is 0 Å². The van der Waals surface area contributed by atoms with Crippen molar-refractivity contribution in [3.8, 4) is 5.75 Å². The molecule has 4 heterocycles. The van der Waals surface area contributed by atoms with Gasteiger partial charge in [-0.2, -0.15) is 0 Å². The Labute approximate surface area is 162 Å². The van der Waals surface area contributed by atoms with Gasteiger partial charge in [-0.25, -0.2) is 4.39 Å². The normalized spacial score (nSPS) is 31.9. The number of nitrogens with one attached hydrogen (secondary N) is 1. The monoisotopic (exact) mass is 389 g/mol. The lowest BCUT2D eigenvalue weighted by Crippen LogP contribution is -2.51. The Morgan fingerprint density at radius 1 is 1.39 bits per heavy atom. The molecule has 0 spiro atoms. The molecule has 2 saturated heterocycles. The zero-order valence-electron chi connectivity index (χ0n) is 15.8. The quantitative estimate of drug-likeness (QED) is 0.733. The molecule has 2 N–H and O–H groups in total. The number of carbonyl (C=O) groups is 2. The van der Waals surface area contributed by atoms with Crippen LogP contribution in [0.4, 0.5) is 10.1 Å². The van der Waals surface area contributed by atoms with Gasteiger partial charge in [-0.1, -0.05) is 0 Å². The number of carbonyl (C=O) groups excluding carboxylic acids is 1. The van der Waals surface area contributed by atoms with E-state index < -0.39 is 23.5 Å². The number of nitrogens with zero attached hydrogens (tertiary/aromatic N) is 2. The Morgan fingerprint density at radius 3 is 2.96 bits per heavy atom. The first-order chi connectivity index (χ1) is 13.5. The first-order valence-electron chi connectivity index (χ1n) is 9.93. The molecule has 0 aliphatic carbocycles. The highest BCUT2D eigenvalue weighted by molar-refractivity contribution is 6.14. The smallest absolute Gasteiger partial charge is 0.316 e. The van der Waals surface area contributed by atoms with Crippen LogP contribution in [0, 0.1) is 11.7 Å². The Hall–Kier alpha value is -2.19. The summed E-state index contributed by atoms with van der Waals surface area (Å²) in [6.07, 6.45) is 0.848. The predicted molar refractivity (Wildman–Crippen MR) is 99.7 cm³/mol. The maximum Gasteiger partial charge on any atom is 0.316 e. The standard InChI is InChI=1S/C20H24FN3O4/c1-10-9-28-19-16(11-4-12-6-22-2-3-23(12)7-11)15(21)5-13-17(19)24(10)8-14(18(13)25)20(26)27/h5,10-12,14,22H,2-4,6-9H2,1H3,(H,26,27)/t10-,11?,12-,14?/m0/s1. The Balaban J connectivity index is 1.61. The van der Waals surface area contributed by atoms with E-state index in [9.17, 15) is 14.7 Å². The Morgan fingerprint density at radius 2 is 2.21 bits per heavy atom. The van der Waals surface area contributed by atoms with Crippen molar-refractivity contribution >= 4 is 17.4 Å². The molecule has 0 bridgehead atoms. The predicted octanol–water partition coefficient (Wildman–Crippen LogP) is 1.07. The van der Waals surface area contributed by atoms with E-state index >= 15 is 4.39 Å². The molecule has 4 atom stereocenters. The van der Waals surface area contributed by atoms with Gasteiger partial charge >= 0.3 is 5.97 Å². The summed E-state index contributed by atoms with van der Waals surface area (Å²) in [6, 6.07) is 1.56. The number of benzene rings is 1. The highest BCUT2D eigenvalue weighted by Gasteiger charge is 2.45. The molecular weight excluding hydrogens is 365 g/mol. The third kappa shape index (κ3) is 2.54. The molecule has 150 valence electrons. The van der Waals surface area contributed by atoms with Crippen LogP contribution in [0.1, 0.15) is 35.2 Å². The molecule has 4 aliphatic heterocycles. The molecule has 7 nitrogen and oxygen atoms in total. The molecule has 4 aliphatic rings. The molecule has 2 fully saturated rings. The average Bonchev–Trinajstić information content (AvgIpc) is 3.09. The number of hydrogen-bond donors (Lipinski definition) is 2. The molecule has 28 heavy (non-hydrogen) atoms. The minimum atomic E-state index is -1.17. The molecule has 2 unspecified atom stereocenters. The van der Waals surface area contributed by atoms with Gasteiger partial charge in [-0.05, 0) is 19.4 Å². The molecule has 8 heteroatoms. The van der Waals surface area contributed by atoms with E-state index in [-0.39, 0.29) is 24.1 Å². The summed E-state index contributed by atoms with van der Waals surface area (Å²) in [5.41, 5.74) is 1.27. The molecule has 5 rings (SSSR count). The highest BCUT2D eigenvalue weighted by Crippen LogP contribution is 2.49. The Kier molecular flexibility index (Phi) is 4.10. The number of piperazine rings is 1. The lowest BCUT2D eigenvalue weighted by molar-refractivity contribution is -0.139. The highest BCUT2D eigenvalue weighted by atomic mass is 19.1. The van der Waals surface area contributed by atoms with Crippen molar-refractivity contribution in [2.45, 2.75) is 31.3 Å². The van der Waals surface area contributed by atoms with E-state index in [0.717, 1.165) is 32.6 Å². The van der Waals surface area contributed by atoms with Gasteiger partial charge in [0.2, 0.25) is 0 Å². The number of carboxylic acids is 1. The minimum absolute atomic E-state index is 0.00718. The van der Waals surface area contributed by atoms with Gasteiger partial charge in [0.05, 0.1) is 11.7 Å². The number of halogens is 1. The Bertz CT molecular complexity index is 846. The summed E-state index contributed by atoms with van der Waals surface area (Å²) >= 11 is 0. The van der Waals surface area contributed by atoms with E-state index in [0.29, 0.717) is 29.6 Å². The van der Waals surface area contributed by atoms with Gasteiger partial charge in [0, 0.05) is 55.8 Å². The van der Waals surface area contributed by atoms with Crippen LogP contribution in [-0.4, -0.2) is 73.2 Å².